The van der Waals surface area contributed by atoms with Crippen molar-refractivity contribution in [2.45, 2.75) is 69.5 Å². The molecule has 282 valence electrons. The zero-order valence-electron chi connectivity index (χ0n) is 30.6. The molecule has 2 saturated heterocycles. The molecule has 1 aliphatic carbocycles. The first-order valence-electron chi connectivity index (χ1n) is 19.4. The summed E-state index contributed by atoms with van der Waals surface area (Å²) in [5, 5.41) is 6.77. The van der Waals surface area contributed by atoms with Crippen LogP contribution in [0.1, 0.15) is 77.3 Å². The number of carbonyl (C=O) groups is 4. The number of imide groups is 1. The van der Waals surface area contributed by atoms with Crippen molar-refractivity contribution in [2.24, 2.45) is 0 Å². The van der Waals surface area contributed by atoms with Crippen LogP contribution in [0.3, 0.4) is 0 Å². The summed E-state index contributed by atoms with van der Waals surface area (Å²) in [5.74, 6) is -1.34. The van der Waals surface area contributed by atoms with Gasteiger partial charge in [0.2, 0.25) is 11.8 Å². The first kappa shape index (κ1) is 36.0. The van der Waals surface area contributed by atoms with Crippen LogP contribution in [0.5, 0.6) is 0 Å². The number of fused-ring (bicyclic) bond motifs is 2. The molecule has 1 unspecified atom stereocenters. The van der Waals surface area contributed by atoms with Crippen LogP contribution >= 0.6 is 0 Å². The van der Waals surface area contributed by atoms with Gasteiger partial charge in [0.15, 0.2) is 0 Å². The number of aromatic nitrogens is 3. The third-order valence-corrected chi connectivity index (χ3v) is 11.6. The lowest BCUT2D eigenvalue weighted by Gasteiger charge is -2.42. The molecule has 2 N–H and O–H groups in total. The minimum atomic E-state index is -0.792. The molecular formula is C41H48N8O5. The Morgan fingerprint density at radius 2 is 1.69 bits per heavy atom. The normalized spacial score (nSPS) is 22.4. The Morgan fingerprint density at radius 1 is 0.889 bits per heavy atom. The van der Waals surface area contributed by atoms with Crippen LogP contribution in [0.15, 0.2) is 67.3 Å². The van der Waals surface area contributed by atoms with E-state index in [4.69, 9.17) is 4.74 Å². The SMILES string of the molecule is O=C(CCc1cccc2c1C(=O)N(C1CCCNC1=O)C2=O)NCCOCN1CCN(C2CCC(n3cc(-c4ccccc4)c4cncnc43)CC2)CC1. The van der Waals surface area contributed by atoms with Gasteiger partial charge < -0.3 is 19.9 Å². The summed E-state index contributed by atoms with van der Waals surface area (Å²) in [7, 11) is 0. The highest BCUT2D eigenvalue weighted by Crippen LogP contribution is 2.37. The number of hydrogen-bond donors (Lipinski definition) is 2. The van der Waals surface area contributed by atoms with Crippen molar-refractivity contribution in [3.8, 4) is 11.1 Å². The molecule has 4 amide bonds. The third-order valence-electron chi connectivity index (χ3n) is 11.6. The number of benzene rings is 2. The number of piperazine rings is 1. The first-order chi connectivity index (χ1) is 26.5. The van der Waals surface area contributed by atoms with Crippen molar-refractivity contribution >= 4 is 34.7 Å². The van der Waals surface area contributed by atoms with Crippen molar-refractivity contribution in [3.05, 3.63) is 83.9 Å². The van der Waals surface area contributed by atoms with E-state index < -0.39 is 17.9 Å². The molecule has 0 bridgehead atoms. The number of rotatable bonds is 12. The number of carbonyl (C=O) groups excluding carboxylic acids is 4. The molecular weight excluding hydrogens is 685 g/mol. The van der Waals surface area contributed by atoms with Gasteiger partial charge >= 0.3 is 0 Å². The summed E-state index contributed by atoms with van der Waals surface area (Å²) < 4.78 is 8.31. The Labute approximate surface area is 315 Å². The van der Waals surface area contributed by atoms with E-state index in [1.807, 2.05) is 12.3 Å². The maximum absolute atomic E-state index is 13.3. The first-order valence-corrected chi connectivity index (χ1v) is 19.4. The van der Waals surface area contributed by atoms with Gasteiger partial charge in [0.05, 0.1) is 24.5 Å². The Balaban J connectivity index is 0.735. The summed E-state index contributed by atoms with van der Waals surface area (Å²) in [6.07, 6.45) is 12.1. The van der Waals surface area contributed by atoms with Gasteiger partial charge in [-0.3, -0.25) is 33.9 Å². The van der Waals surface area contributed by atoms with Gasteiger partial charge in [-0.2, -0.15) is 0 Å². The van der Waals surface area contributed by atoms with Gasteiger partial charge in [0, 0.05) is 81.1 Å². The van der Waals surface area contributed by atoms with E-state index in [1.54, 1.807) is 24.5 Å². The summed E-state index contributed by atoms with van der Waals surface area (Å²) in [4.78, 5) is 66.6. The minimum Gasteiger partial charge on any atom is -0.364 e. The molecule has 2 aromatic carbocycles. The van der Waals surface area contributed by atoms with Crippen molar-refractivity contribution in [1.29, 1.82) is 0 Å². The van der Waals surface area contributed by atoms with E-state index in [9.17, 15) is 19.2 Å². The average Bonchev–Trinajstić information content (AvgIpc) is 3.72. The van der Waals surface area contributed by atoms with Crippen molar-refractivity contribution in [1.82, 2.24) is 39.9 Å². The summed E-state index contributed by atoms with van der Waals surface area (Å²) in [6.45, 7) is 5.84. The lowest BCUT2D eigenvalue weighted by molar-refractivity contribution is -0.126. The number of aryl methyl sites for hydroxylation is 1. The number of nitrogens with one attached hydrogen (secondary N) is 2. The zero-order chi connectivity index (χ0) is 37.0. The highest BCUT2D eigenvalue weighted by Gasteiger charge is 2.44. The molecule has 3 fully saturated rings. The highest BCUT2D eigenvalue weighted by molar-refractivity contribution is 6.23. The maximum Gasteiger partial charge on any atom is 0.262 e. The molecule has 4 aromatic rings. The van der Waals surface area contributed by atoms with Crippen molar-refractivity contribution in [3.63, 3.8) is 0 Å². The number of ether oxygens (including phenoxy) is 1. The molecule has 13 nitrogen and oxygen atoms in total. The van der Waals surface area contributed by atoms with Gasteiger partial charge in [-0.1, -0.05) is 42.5 Å². The Bertz CT molecular complexity index is 2000. The molecule has 3 aliphatic heterocycles. The van der Waals surface area contributed by atoms with Crippen LogP contribution in [0, 0.1) is 0 Å². The second-order valence-corrected chi connectivity index (χ2v) is 14.8. The summed E-state index contributed by atoms with van der Waals surface area (Å²) in [6, 6.07) is 15.9. The zero-order valence-corrected chi connectivity index (χ0v) is 30.6. The topological polar surface area (TPSA) is 142 Å². The molecule has 1 atom stereocenters. The largest absolute Gasteiger partial charge is 0.364 e. The van der Waals surface area contributed by atoms with Gasteiger partial charge in [0.25, 0.3) is 11.8 Å². The van der Waals surface area contributed by atoms with Crippen LogP contribution in [0.2, 0.25) is 0 Å². The van der Waals surface area contributed by atoms with Crippen LogP contribution in [-0.2, 0) is 20.7 Å². The molecule has 0 radical (unpaired) electrons. The van der Waals surface area contributed by atoms with E-state index in [-0.39, 0.29) is 18.2 Å². The molecule has 1 saturated carbocycles. The van der Waals surface area contributed by atoms with Gasteiger partial charge in [-0.05, 0) is 62.1 Å². The molecule has 13 heteroatoms. The Hall–Kier alpha value is -4.98. The summed E-state index contributed by atoms with van der Waals surface area (Å²) >= 11 is 0. The number of hydrogen-bond acceptors (Lipinski definition) is 9. The molecule has 4 aliphatic rings. The predicted molar refractivity (Wildman–Crippen MR) is 203 cm³/mol. The molecule has 0 spiro atoms. The average molecular weight is 733 g/mol. The fourth-order valence-corrected chi connectivity index (χ4v) is 8.73. The number of piperidine rings is 1. The smallest absolute Gasteiger partial charge is 0.262 e. The Morgan fingerprint density at radius 3 is 2.48 bits per heavy atom. The monoisotopic (exact) mass is 732 g/mol. The highest BCUT2D eigenvalue weighted by atomic mass is 16.5. The van der Waals surface area contributed by atoms with Crippen LogP contribution < -0.4 is 10.6 Å². The third kappa shape index (κ3) is 7.40. The molecule has 2 aromatic heterocycles. The van der Waals surface area contributed by atoms with E-state index in [2.05, 4.69) is 65.4 Å². The van der Waals surface area contributed by atoms with Crippen LogP contribution in [0.4, 0.5) is 0 Å². The van der Waals surface area contributed by atoms with Crippen molar-refractivity contribution < 1.29 is 23.9 Å². The van der Waals surface area contributed by atoms with Crippen LogP contribution in [-0.4, -0.2) is 118 Å². The van der Waals surface area contributed by atoms with Crippen molar-refractivity contribution in [2.75, 3.05) is 52.6 Å². The predicted octanol–water partition coefficient (Wildman–Crippen LogP) is 3.80. The minimum absolute atomic E-state index is 0.144. The van der Waals surface area contributed by atoms with E-state index in [1.165, 1.54) is 24.0 Å². The maximum atomic E-state index is 13.3. The van der Waals surface area contributed by atoms with Gasteiger partial charge in [-0.15, -0.1) is 0 Å². The molecule has 8 rings (SSSR count). The fraction of sp³-hybridized carbons (Fsp3) is 0.463. The Kier molecular flexibility index (Phi) is 10.8. The lowest BCUT2D eigenvalue weighted by atomic mass is 9.89. The van der Waals surface area contributed by atoms with Gasteiger partial charge in [0.1, 0.15) is 18.0 Å². The summed E-state index contributed by atoms with van der Waals surface area (Å²) in [5.41, 5.74) is 4.66. The number of nitrogens with zero attached hydrogens (tertiary/aromatic N) is 6. The molecule has 5 heterocycles. The standard InChI is InChI=1S/C41H48N8O5/c50-36(16-11-29-8-4-9-32-37(29)41(53)49(40(32)52)35-10-5-17-44-39(35)51)43-18-23-54-27-46-19-21-47(22-20-46)30-12-14-31(15-13-30)48-25-34(28-6-2-1-3-7-28)33-24-42-26-45-38(33)48/h1-4,6-9,24-26,30-31,35H,5,10-23,27H2,(H,43,50)(H,44,51). The lowest BCUT2D eigenvalue weighted by Crippen LogP contribution is -2.52. The fourth-order valence-electron chi connectivity index (χ4n) is 8.73. The molecule has 54 heavy (non-hydrogen) atoms. The van der Waals surface area contributed by atoms with Gasteiger partial charge in [-0.25, -0.2) is 9.97 Å². The second kappa shape index (κ2) is 16.2. The quantitative estimate of drug-likeness (QED) is 0.164. The van der Waals surface area contributed by atoms with Crippen LogP contribution in [0.25, 0.3) is 22.2 Å². The van der Waals surface area contributed by atoms with E-state index in [0.717, 1.165) is 55.0 Å². The number of amides is 4. The van der Waals surface area contributed by atoms with E-state index in [0.29, 0.717) is 74.5 Å². The second-order valence-electron chi connectivity index (χ2n) is 14.8. The van der Waals surface area contributed by atoms with E-state index >= 15 is 0 Å².